The maximum absolute atomic E-state index is 12.4. The van der Waals surface area contributed by atoms with Crippen LogP contribution in [0.5, 0.6) is 0 Å². The van der Waals surface area contributed by atoms with Crippen LogP contribution in [0.25, 0.3) is 0 Å². The number of carbonyl (C=O) groups excluding carboxylic acids is 1. The summed E-state index contributed by atoms with van der Waals surface area (Å²) in [5.74, 6) is -1.04. The summed E-state index contributed by atoms with van der Waals surface area (Å²) in [5.41, 5.74) is 0. The maximum Gasteiger partial charge on any atom is 0.267 e. The van der Waals surface area contributed by atoms with Crippen LogP contribution in [-0.2, 0) is 14.9 Å². The minimum atomic E-state index is -4.35. The molecule has 0 rings (SSSR count). The van der Waals surface area contributed by atoms with Crippen molar-refractivity contribution in [2.24, 2.45) is 0 Å². The summed E-state index contributed by atoms with van der Waals surface area (Å²) >= 11 is 0. The van der Waals surface area contributed by atoms with Crippen molar-refractivity contribution in [3.05, 3.63) is 60.8 Å². The van der Waals surface area contributed by atoms with Crippen LogP contribution in [0.3, 0.4) is 0 Å². The number of nitrogens with one attached hydrogen (secondary N) is 1. The number of allylic oxidation sites excluding steroid dienone is 9. The predicted molar refractivity (Wildman–Crippen MR) is 170 cm³/mol. The van der Waals surface area contributed by atoms with Gasteiger partial charge < -0.3 is 10.4 Å². The van der Waals surface area contributed by atoms with Gasteiger partial charge in [0.15, 0.2) is 0 Å². The van der Waals surface area contributed by atoms with E-state index in [1.165, 1.54) is 31.8 Å². The zero-order valence-electron chi connectivity index (χ0n) is 25.2. The average molecular weight is 580 g/mol. The van der Waals surface area contributed by atoms with E-state index in [2.05, 4.69) is 67.8 Å². The first-order chi connectivity index (χ1) is 19.3. The Balaban J connectivity index is 4.16. The second-order valence-electron chi connectivity index (χ2n) is 10.3. The first kappa shape index (κ1) is 38.0. The van der Waals surface area contributed by atoms with Crippen molar-refractivity contribution in [2.45, 2.75) is 135 Å². The van der Waals surface area contributed by atoms with Crippen LogP contribution in [0, 0.1) is 0 Å². The smallest absolute Gasteiger partial charge is 0.267 e. The van der Waals surface area contributed by atoms with Gasteiger partial charge in [0, 0.05) is 6.42 Å². The molecule has 2 unspecified atom stereocenters. The van der Waals surface area contributed by atoms with Gasteiger partial charge in [-0.05, 0) is 70.6 Å². The Hall–Kier alpha value is -1.96. The standard InChI is InChI=1S/C33H57NO5S/c1-3-5-7-9-11-13-15-16-17-18-19-21-23-25-27-29-33(36)34-31(30-40(37,38)39)32(35)28-26-24-22-20-14-12-10-8-6-4-2/h6,8,11,13-14,16-17,20,26,28,31-32,35H,3-5,7,9-10,12,15,18-19,21-25,27,29-30H2,1-2H3,(H,34,36)(H,37,38,39)/b8-6+,13-11-,17-16-,20-14+,28-26+. The number of aliphatic hydroxyl groups is 1. The van der Waals surface area contributed by atoms with Crippen molar-refractivity contribution in [2.75, 3.05) is 5.75 Å². The van der Waals surface area contributed by atoms with Crippen molar-refractivity contribution in [3.8, 4) is 0 Å². The summed E-state index contributed by atoms with van der Waals surface area (Å²) in [5, 5.41) is 13.0. The van der Waals surface area contributed by atoms with Gasteiger partial charge in [0.25, 0.3) is 10.1 Å². The Morgan fingerprint density at radius 2 is 1.23 bits per heavy atom. The number of unbranched alkanes of at least 4 members (excludes halogenated alkanes) is 10. The Kier molecular flexibility index (Phi) is 25.9. The molecule has 3 N–H and O–H groups in total. The third-order valence-electron chi connectivity index (χ3n) is 6.41. The Labute approximate surface area is 245 Å². The van der Waals surface area contributed by atoms with Crippen molar-refractivity contribution < 1.29 is 22.9 Å². The molecule has 0 aromatic heterocycles. The molecule has 0 aromatic rings. The molecular weight excluding hydrogens is 522 g/mol. The molecule has 0 saturated carbocycles. The van der Waals surface area contributed by atoms with E-state index in [1.807, 2.05) is 0 Å². The molecule has 0 bridgehead atoms. The molecule has 0 aliphatic heterocycles. The molecule has 230 valence electrons. The lowest BCUT2D eigenvalue weighted by Gasteiger charge is -2.21. The van der Waals surface area contributed by atoms with Crippen LogP contribution in [0.15, 0.2) is 60.8 Å². The normalized spacial score (nSPS) is 14.4. The summed E-state index contributed by atoms with van der Waals surface area (Å²) < 4.78 is 32.1. The molecule has 0 aliphatic carbocycles. The first-order valence-electron chi connectivity index (χ1n) is 15.5. The highest BCUT2D eigenvalue weighted by Gasteiger charge is 2.24. The van der Waals surface area contributed by atoms with Crippen LogP contribution >= 0.6 is 0 Å². The molecule has 7 heteroatoms. The molecule has 0 aromatic carbocycles. The van der Waals surface area contributed by atoms with E-state index in [-0.39, 0.29) is 12.3 Å². The average Bonchev–Trinajstić information content (AvgIpc) is 2.90. The van der Waals surface area contributed by atoms with Crippen LogP contribution in [0.2, 0.25) is 0 Å². The zero-order chi connectivity index (χ0) is 29.7. The van der Waals surface area contributed by atoms with Gasteiger partial charge in [0.05, 0.1) is 17.9 Å². The highest BCUT2D eigenvalue weighted by Crippen LogP contribution is 2.09. The van der Waals surface area contributed by atoms with E-state index in [9.17, 15) is 22.9 Å². The molecule has 0 heterocycles. The number of rotatable bonds is 26. The highest BCUT2D eigenvalue weighted by molar-refractivity contribution is 7.85. The van der Waals surface area contributed by atoms with Crippen molar-refractivity contribution in [1.82, 2.24) is 5.32 Å². The predicted octanol–water partition coefficient (Wildman–Crippen LogP) is 8.17. The fraction of sp³-hybridized carbons (Fsp3) is 0.667. The molecule has 0 fully saturated rings. The fourth-order valence-corrected chi connectivity index (χ4v) is 4.84. The second-order valence-corrected chi connectivity index (χ2v) is 11.8. The van der Waals surface area contributed by atoms with Gasteiger partial charge in [0.2, 0.25) is 5.91 Å². The Bertz CT molecular complexity index is 858. The van der Waals surface area contributed by atoms with Crippen molar-refractivity contribution >= 4 is 16.0 Å². The molecule has 0 saturated heterocycles. The Morgan fingerprint density at radius 1 is 0.700 bits per heavy atom. The van der Waals surface area contributed by atoms with Crippen LogP contribution in [0.4, 0.5) is 0 Å². The lowest BCUT2D eigenvalue weighted by molar-refractivity contribution is -0.122. The highest BCUT2D eigenvalue weighted by atomic mass is 32.2. The SMILES string of the molecule is CC/C=C/CC/C=C/CC/C=C/C(O)C(CS(=O)(=O)O)NC(=O)CCCCCCC/C=C\C/C=C\CCCCC. The molecule has 0 radical (unpaired) electrons. The molecule has 0 spiro atoms. The molecule has 1 amide bonds. The lowest BCUT2D eigenvalue weighted by Crippen LogP contribution is -2.46. The lowest BCUT2D eigenvalue weighted by atomic mass is 10.1. The molecule has 6 nitrogen and oxygen atoms in total. The third kappa shape index (κ3) is 27.6. The van der Waals surface area contributed by atoms with Gasteiger partial charge in [-0.3, -0.25) is 9.35 Å². The topological polar surface area (TPSA) is 104 Å². The molecule has 2 atom stereocenters. The summed E-state index contributed by atoms with van der Waals surface area (Å²) in [6, 6.07) is -1.09. The van der Waals surface area contributed by atoms with E-state index < -0.39 is 28.0 Å². The van der Waals surface area contributed by atoms with Gasteiger partial charge in [-0.15, -0.1) is 0 Å². The number of hydrogen-bond acceptors (Lipinski definition) is 4. The van der Waals surface area contributed by atoms with Gasteiger partial charge >= 0.3 is 0 Å². The van der Waals surface area contributed by atoms with Crippen LogP contribution in [0.1, 0.15) is 123 Å². The second kappa shape index (κ2) is 27.2. The van der Waals surface area contributed by atoms with Gasteiger partial charge in [0.1, 0.15) is 0 Å². The van der Waals surface area contributed by atoms with E-state index in [1.54, 1.807) is 6.08 Å². The molecular formula is C33H57NO5S. The number of hydrogen-bond donors (Lipinski definition) is 3. The molecule has 0 aliphatic rings. The fourth-order valence-electron chi connectivity index (χ4n) is 4.10. The van der Waals surface area contributed by atoms with Crippen molar-refractivity contribution in [3.63, 3.8) is 0 Å². The monoisotopic (exact) mass is 579 g/mol. The minimum Gasteiger partial charge on any atom is -0.387 e. The van der Waals surface area contributed by atoms with Crippen LogP contribution < -0.4 is 5.32 Å². The number of aliphatic hydroxyl groups excluding tert-OH is 1. The first-order valence-corrected chi connectivity index (χ1v) is 17.1. The van der Waals surface area contributed by atoms with E-state index in [0.29, 0.717) is 12.8 Å². The largest absolute Gasteiger partial charge is 0.387 e. The van der Waals surface area contributed by atoms with Gasteiger partial charge in [-0.25, -0.2) is 0 Å². The van der Waals surface area contributed by atoms with E-state index in [0.717, 1.165) is 64.2 Å². The summed E-state index contributed by atoms with van der Waals surface area (Å²) in [4.78, 5) is 12.4. The zero-order valence-corrected chi connectivity index (χ0v) is 26.0. The van der Waals surface area contributed by atoms with Gasteiger partial charge in [-0.2, -0.15) is 8.42 Å². The summed E-state index contributed by atoms with van der Waals surface area (Å²) in [7, 11) is -4.35. The van der Waals surface area contributed by atoms with Crippen LogP contribution in [-0.4, -0.2) is 41.9 Å². The Morgan fingerprint density at radius 3 is 1.82 bits per heavy atom. The number of carbonyl (C=O) groups is 1. The minimum absolute atomic E-state index is 0.265. The third-order valence-corrected chi connectivity index (χ3v) is 7.19. The maximum atomic E-state index is 12.4. The molecule has 40 heavy (non-hydrogen) atoms. The van der Waals surface area contributed by atoms with Crippen molar-refractivity contribution in [1.29, 1.82) is 0 Å². The van der Waals surface area contributed by atoms with Gasteiger partial charge in [-0.1, -0.05) is 107 Å². The van der Waals surface area contributed by atoms with E-state index >= 15 is 0 Å². The van der Waals surface area contributed by atoms with E-state index in [4.69, 9.17) is 0 Å². The number of amides is 1. The summed E-state index contributed by atoms with van der Waals surface area (Å²) in [6.45, 7) is 4.33. The summed E-state index contributed by atoms with van der Waals surface area (Å²) in [6.07, 6.45) is 36.4. The quantitative estimate of drug-likeness (QED) is 0.0545.